The molecule has 31 heavy (non-hydrogen) atoms. The van der Waals surface area contributed by atoms with Crippen LogP contribution in [-0.4, -0.2) is 49.9 Å². The van der Waals surface area contributed by atoms with Gasteiger partial charge in [0.2, 0.25) is 10.0 Å². The summed E-state index contributed by atoms with van der Waals surface area (Å²) in [5.41, 5.74) is 4.07. The molecule has 1 atom stereocenters. The van der Waals surface area contributed by atoms with Crippen molar-refractivity contribution in [2.24, 2.45) is 0 Å². The van der Waals surface area contributed by atoms with Crippen LogP contribution in [0.25, 0.3) is 11.1 Å². The molecule has 0 radical (unpaired) electrons. The lowest BCUT2D eigenvalue weighted by Gasteiger charge is -2.18. The number of carbonyl (C=O) groups excluding carboxylic acids is 2. The number of benzene rings is 2. The first-order valence-electron chi connectivity index (χ1n) is 9.59. The van der Waals surface area contributed by atoms with Crippen LogP contribution in [0, 0.1) is 0 Å². The maximum atomic E-state index is 12.3. The van der Waals surface area contributed by atoms with Crippen molar-refractivity contribution in [1.82, 2.24) is 10.0 Å². The summed E-state index contributed by atoms with van der Waals surface area (Å²) in [6.07, 6.45) is -1.81. The van der Waals surface area contributed by atoms with Gasteiger partial charge in [0.1, 0.15) is 12.6 Å². The fraction of sp³-hybridized carbons (Fsp3) is 0.286. The van der Waals surface area contributed by atoms with Gasteiger partial charge < -0.3 is 15.2 Å². The molecule has 0 aliphatic heterocycles. The summed E-state index contributed by atoms with van der Waals surface area (Å²) in [6.45, 7) is 1.29. The number of ether oxygens (including phenoxy) is 1. The highest BCUT2D eigenvalue weighted by Gasteiger charge is 2.31. The van der Waals surface area contributed by atoms with E-state index in [2.05, 4.69) is 5.32 Å². The van der Waals surface area contributed by atoms with Gasteiger partial charge >= 0.3 is 12.1 Å². The van der Waals surface area contributed by atoms with Gasteiger partial charge in [-0.2, -0.15) is 0 Å². The van der Waals surface area contributed by atoms with E-state index in [0.29, 0.717) is 0 Å². The van der Waals surface area contributed by atoms with Crippen LogP contribution >= 0.6 is 0 Å². The fourth-order valence-electron chi connectivity index (χ4n) is 3.46. The minimum atomic E-state index is -3.91. The second-order valence-electron chi connectivity index (χ2n) is 6.99. The third-order valence-electron chi connectivity index (χ3n) is 4.97. The number of nitrogens with one attached hydrogen (secondary N) is 2. The first-order chi connectivity index (χ1) is 14.7. The van der Waals surface area contributed by atoms with Gasteiger partial charge in [0.05, 0.1) is 12.2 Å². The lowest BCUT2D eigenvalue weighted by Crippen LogP contribution is -2.49. The van der Waals surface area contributed by atoms with Crippen LogP contribution < -0.4 is 10.0 Å². The van der Waals surface area contributed by atoms with E-state index in [1.165, 1.54) is 6.92 Å². The molecule has 0 spiro atoms. The summed E-state index contributed by atoms with van der Waals surface area (Å²) in [4.78, 5) is 35.5. The van der Waals surface area contributed by atoms with Crippen molar-refractivity contribution in [3.8, 4) is 11.1 Å². The molecule has 2 amide bonds. The number of rotatable bonds is 8. The first kappa shape index (κ1) is 22.3. The number of hydrogen-bond acceptors (Lipinski definition) is 6. The van der Waals surface area contributed by atoms with Gasteiger partial charge in [-0.05, 0) is 29.2 Å². The molecule has 0 saturated carbocycles. The second kappa shape index (κ2) is 9.17. The fourth-order valence-corrected chi connectivity index (χ4v) is 4.06. The molecule has 0 saturated heterocycles. The van der Waals surface area contributed by atoms with Crippen molar-refractivity contribution in [2.75, 3.05) is 12.4 Å². The Hall–Kier alpha value is -3.40. The van der Waals surface area contributed by atoms with Crippen LogP contribution in [-0.2, 0) is 24.3 Å². The van der Waals surface area contributed by atoms with Crippen molar-refractivity contribution < 1.29 is 32.6 Å². The van der Waals surface area contributed by atoms with Crippen molar-refractivity contribution in [3.05, 3.63) is 59.7 Å². The number of hydrogen-bond donors (Lipinski definition) is 3. The summed E-state index contributed by atoms with van der Waals surface area (Å²) in [5.74, 6) is -3.11. The Morgan fingerprint density at radius 2 is 1.58 bits per heavy atom. The summed E-state index contributed by atoms with van der Waals surface area (Å²) in [7, 11) is -3.91. The lowest BCUT2D eigenvalue weighted by atomic mass is 9.98. The molecule has 1 unspecified atom stereocenters. The van der Waals surface area contributed by atoms with Crippen molar-refractivity contribution >= 4 is 28.0 Å². The van der Waals surface area contributed by atoms with Crippen molar-refractivity contribution in [1.29, 1.82) is 0 Å². The van der Waals surface area contributed by atoms with E-state index < -0.39 is 40.5 Å². The van der Waals surface area contributed by atoms with Gasteiger partial charge in [0.25, 0.3) is 5.91 Å². The molecule has 0 heterocycles. The largest absolute Gasteiger partial charge is 0.481 e. The summed E-state index contributed by atoms with van der Waals surface area (Å²) < 4.78 is 30.2. The highest BCUT2D eigenvalue weighted by atomic mass is 32.2. The molecule has 1 aliphatic rings. The number of fused-ring (bicyclic) bond motifs is 3. The third-order valence-corrected chi connectivity index (χ3v) is 6.24. The van der Waals surface area contributed by atoms with Crippen LogP contribution in [0.15, 0.2) is 48.5 Å². The van der Waals surface area contributed by atoms with Crippen molar-refractivity contribution in [2.45, 2.75) is 25.3 Å². The Morgan fingerprint density at radius 3 is 2.10 bits per heavy atom. The monoisotopic (exact) mass is 446 g/mol. The van der Waals surface area contributed by atoms with E-state index in [1.807, 2.05) is 48.5 Å². The number of carbonyl (C=O) groups is 3. The highest BCUT2D eigenvalue weighted by Crippen LogP contribution is 2.44. The summed E-state index contributed by atoms with van der Waals surface area (Å²) in [6, 6.07) is 13.9. The van der Waals surface area contributed by atoms with E-state index in [-0.39, 0.29) is 18.3 Å². The molecular formula is C21H22N2O7S. The minimum absolute atomic E-state index is 0.0332. The standard InChI is InChI=1S/C21H22N2O7S/c1-2-31(28,29)23-20(26)18(11-19(24)25)22-21(27)30-12-17-15-9-5-3-7-13(15)14-8-4-6-10-16(14)17/h3-10,17-18H,2,11-12H2,1H3,(H,22,27)(H,23,26)(H,24,25). The smallest absolute Gasteiger partial charge is 0.407 e. The van der Waals surface area contributed by atoms with E-state index >= 15 is 0 Å². The molecule has 164 valence electrons. The Labute approximate surface area is 179 Å². The molecule has 0 bridgehead atoms. The Bertz CT molecular complexity index is 1070. The molecule has 2 aromatic carbocycles. The molecule has 0 fully saturated rings. The van der Waals surface area contributed by atoms with Crippen molar-refractivity contribution in [3.63, 3.8) is 0 Å². The zero-order valence-corrected chi connectivity index (χ0v) is 17.5. The number of alkyl carbamates (subject to hydrolysis) is 1. The normalized spacial score (nSPS) is 13.6. The van der Waals surface area contributed by atoms with Crippen LogP contribution in [0.3, 0.4) is 0 Å². The molecule has 9 nitrogen and oxygen atoms in total. The summed E-state index contributed by atoms with van der Waals surface area (Å²) in [5, 5.41) is 11.1. The van der Waals surface area contributed by atoms with E-state index in [1.54, 1.807) is 4.72 Å². The zero-order chi connectivity index (χ0) is 22.6. The van der Waals surface area contributed by atoms with Gasteiger partial charge in [0, 0.05) is 5.92 Å². The van der Waals surface area contributed by atoms with Gasteiger partial charge in [-0.25, -0.2) is 13.2 Å². The maximum Gasteiger partial charge on any atom is 0.407 e. The number of amides is 2. The molecule has 0 aromatic heterocycles. The molecule has 3 rings (SSSR count). The molecule has 2 aromatic rings. The predicted octanol–water partition coefficient (Wildman–Crippen LogP) is 1.83. The molecule has 3 N–H and O–H groups in total. The second-order valence-corrected chi connectivity index (χ2v) is 9.00. The van der Waals surface area contributed by atoms with Gasteiger partial charge in [0.15, 0.2) is 0 Å². The minimum Gasteiger partial charge on any atom is -0.481 e. The zero-order valence-electron chi connectivity index (χ0n) is 16.7. The summed E-state index contributed by atoms with van der Waals surface area (Å²) >= 11 is 0. The van der Waals surface area contributed by atoms with Crippen LogP contribution in [0.4, 0.5) is 4.79 Å². The quantitative estimate of drug-likeness (QED) is 0.562. The van der Waals surface area contributed by atoms with Crippen LogP contribution in [0.5, 0.6) is 0 Å². The number of carboxylic acids is 1. The number of sulfonamides is 1. The first-order valence-corrected chi connectivity index (χ1v) is 11.2. The average molecular weight is 446 g/mol. The topological polar surface area (TPSA) is 139 Å². The van der Waals surface area contributed by atoms with Gasteiger partial charge in [-0.15, -0.1) is 0 Å². The molecule has 1 aliphatic carbocycles. The number of carboxylic acid groups (broad SMARTS) is 1. The highest BCUT2D eigenvalue weighted by molar-refractivity contribution is 7.90. The SMILES string of the molecule is CCS(=O)(=O)NC(=O)C(CC(=O)O)NC(=O)OCC1c2ccccc2-c2ccccc21. The van der Waals surface area contributed by atoms with Crippen LogP contribution in [0.1, 0.15) is 30.4 Å². The Morgan fingerprint density at radius 1 is 1.03 bits per heavy atom. The molecular weight excluding hydrogens is 424 g/mol. The van der Waals surface area contributed by atoms with Crippen LogP contribution in [0.2, 0.25) is 0 Å². The third kappa shape index (κ3) is 5.21. The van der Waals surface area contributed by atoms with Gasteiger partial charge in [-0.3, -0.25) is 14.3 Å². The lowest BCUT2D eigenvalue weighted by molar-refractivity contribution is -0.139. The molecule has 10 heteroatoms. The van der Waals surface area contributed by atoms with E-state index in [0.717, 1.165) is 22.3 Å². The Kier molecular flexibility index (Phi) is 6.59. The van der Waals surface area contributed by atoms with E-state index in [9.17, 15) is 22.8 Å². The van der Waals surface area contributed by atoms with Gasteiger partial charge in [-0.1, -0.05) is 48.5 Å². The number of aliphatic carboxylic acids is 1. The predicted molar refractivity (Wildman–Crippen MR) is 112 cm³/mol. The Balaban J connectivity index is 1.69. The van der Waals surface area contributed by atoms with E-state index in [4.69, 9.17) is 9.84 Å². The maximum absolute atomic E-state index is 12.3. The average Bonchev–Trinajstić information content (AvgIpc) is 3.05.